The maximum atomic E-state index is 9.52. The molecule has 1 N–H and O–H groups in total. The molecule has 64 valence electrons. The fourth-order valence-electron chi connectivity index (χ4n) is 1.56. The van der Waals surface area contributed by atoms with Gasteiger partial charge in [-0.1, -0.05) is 0 Å². The van der Waals surface area contributed by atoms with Crippen LogP contribution in [0.25, 0.3) is 21.9 Å². The molecule has 0 aliphatic heterocycles. The number of rotatable bonds is 0. The van der Waals surface area contributed by atoms with Gasteiger partial charge in [-0.3, -0.25) is 0 Å². The molecule has 0 unspecified atom stereocenters. The van der Waals surface area contributed by atoms with Crippen molar-refractivity contribution in [3.8, 4) is 5.75 Å². The molecule has 2 aromatic heterocycles. The molecule has 0 amide bonds. The molecular weight excluding hydrogens is 168 g/mol. The normalized spacial score (nSPS) is 11.4. The Morgan fingerprint density at radius 3 is 2.69 bits per heavy atom. The van der Waals surface area contributed by atoms with Crippen LogP contribution in [0.15, 0.2) is 39.6 Å². The van der Waals surface area contributed by atoms with Crippen molar-refractivity contribution in [1.29, 1.82) is 0 Å². The van der Waals surface area contributed by atoms with Crippen LogP contribution in [0.1, 0.15) is 0 Å². The summed E-state index contributed by atoms with van der Waals surface area (Å²) in [6, 6.07) is 5.22. The largest absolute Gasteiger partial charge is 0.504 e. The maximum Gasteiger partial charge on any atom is 0.176 e. The Kier molecular flexibility index (Phi) is 1.05. The van der Waals surface area contributed by atoms with Gasteiger partial charge in [-0.15, -0.1) is 0 Å². The van der Waals surface area contributed by atoms with Crippen LogP contribution in [0.3, 0.4) is 0 Å². The molecule has 0 saturated carbocycles. The summed E-state index contributed by atoms with van der Waals surface area (Å²) in [5.41, 5.74) is 1.18. The average Bonchev–Trinajstić information content (AvgIpc) is 2.66. The van der Waals surface area contributed by atoms with Crippen LogP contribution in [-0.2, 0) is 0 Å². The van der Waals surface area contributed by atoms with Gasteiger partial charge in [0.25, 0.3) is 0 Å². The molecule has 0 atom stereocenters. The highest BCUT2D eigenvalue weighted by atomic mass is 16.3. The number of hydrogen-bond donors (Lipinski definition) is 1. The van der Waals surface area contributed by atoms with Gasteiger partial charge in [-0.2, -0.15) is 0 Å². The standard InChI is InChI=1S/C10H6O3/c11-8-5-9-6(1-3-12-9)7-2-4-13-10(7)8/h1-5,11H. The van der Waals surface area contributed by atoms with E-state index < -0.39 is 0 Å². The van der Waals surface area contributed by atoms with Gasteiger partial charge in [-0.25, -0.2) is 0 Å². The molecule has 0 saturated heterocycles. The number of fused-ring (bicyclic) bond motifs is 3. The number of phenolic OH excluding ortho intramolecular Hbond substituents is 1. The van der Waals surface area contributed by atoms with Crippen molar-refractivity contribution >= 4 is 21.9 Å². The number of phenols is 1. The topological polar surface area (TPSA) is 46.5 Å². The van der Waals surface area contributed by atoms with Crippen LogP contribution < -0.4 is 0 Å². The minimum atomic E-state index is 0.113. The molecule has 1 aromatic carbocycles. The molecule has 2 heterocycles. The summed E-state index contributed by atoms with van der Waals surface area (Å²) >= 11 is 0. The van der Waals surface area contributed by atoms with E-state index in [1.54, 1.807) is 18.6 Å². The Morgan fingerprint density at radius 2 is 1.77 bits per heavy atom. The molecule has 13 heavy (non-hydrogen) atoms. The predicted molar refractivity (Wildman–Crippen MR) is 47.7 cm³/mol. The Labute approximate surface area is 73.2 Å². The Morgan fingerprint density at radius 1 is 1.00 bits per heavy atom. The molecule has 0 radical (unpaired) electrons. The minimum Gasteiger partial charge on any atom is -0.504 e. The smallest absolute Gasteiger partial charge is 0.176 e. The van der Waals surface area contributed by atoms with E-state index in [0.717, 1.165) is 10.8 Å². The van der Waals surface area contributed by atoms with Gasteiger partial charge < -0.3 is 13.9 Å². The summed E-state index contributed by atoms with van der Waals surface area (Å²) in [7, 11) is 0. The van der Waals surface area contributed by atoms with E-state index in [1.807, 2.05) is 12.1 Å². The van der Waals surface area contributed by atoms with E-state index in [4.69, 9.17) is 8.83 Å². The first-order valence-corrected chi connectivity index (χ1v) is 3.92. The van der Waals surface area contributed by atoms with Gasteiger partial charge in [-0.05, 0) is 12.1 Å². The van der Waals surface area contributed by atoms with Crippen molar-refractivity contribution in [2.75, 3.05) is 0 Å². The summed E-state index contributed by atoms with van der Waals surface area (Å²) in [6.07, 6.45) is 3.15. The van der Waals surface area contributed by atoms with Crippen molar-refractivity contribution < 1.29 is 13.9 Å². The first-order chi connectivity index (χ1) is 6.36. The monoisotopic (exact) mass is 174 g/mol. The summed E-state index contributed by atoms with van der Waals surface area (Å²) in [6.45, 7) is 0. The third-order valence-corrected chi connectivity index (χ3v) is 2.15. The molecule has 0 aliphatic rings. The zero-order valence-electron chi connectivity index (χ0n) is 6.65. The Balaban J connectivity index is 2.70. The third kappa shape index (κ3) is 0.731. The second-order valence-corrected chi connectivity index (χ2v) is 2.89. The molecule has 3 heteroatoms. The van der Waals surface area contributed by atoms with Crippen molar-refractivity contribution in [3.05, 3.63) is 30.7 Å². The lowest BCUT2D eigenvalue weighted by Crippen LogP contribution is -1.68. The van der Waals surface area contributed by atoms with Gasteiger partial charge in [0.1, 0.15) is 5.58 Å². The molecule has 3 nitrogen and oxygen atoms in total. The summed E-state index contributed by atoms with van der Waals surface area (Å²) in [4.78, 5) is 0. The number of benzene rings is 1. The summed E-state index contributed by atoms with van der Waals surface area (Å²) in [5, 5.41) is 11.4. The van der Waals surface area contributed by atoms with Crippen molar-refractivity contribution in [2.24, 2.45) is 0 Å². The van der Waals surface area contributed by atoms with Gasteiger partial charge in [0.2, 0.25) is 0 Å². The second kappa shape index (κ2) is 2.07. The van der Waals surface area contributed by atoms with E-state index in [-0.39, 0.29) is 5.75 Å². The molecule has 0 spiro atoms. The lowest BCUT2D eigenvalue weighted by Gasteiger charge is -1.93. The van der Waals surface area contributed by atoms with E-state index in [2.05, 4.69) is 0 Å². The van der Waals surface area contributed by atoms with E-state index in [9.17, 15) is 5.11 Å². The maximum absolute atomic E-state index is 9.52. The Bertz CT molecular complexity index is 574. The van der Waals surface area contributed by atoms with Crippen LogP contribution in [-0.4, -0.2) is 5.11 Å². The van der Waals surface area contributed by atoms with Crippen molar-refractivity contribution in [1.82, 2.24) is 0 Å². The summed E-state index contributed by atoms with van der Waals surface area (Å²) < 4.78 is 10.3. The van der Waals surface area contributed by atoms with Crippen molar-refractivity contribution in [3.63, 3.8) is 0 Å². The van der Waals surface area contributed by atoms with Crippen LogP contribution in [0.5, 0.6) is 5.75 Å². The number of aromatic hydroxyl groups is 1. The molecular formula is C10H6O3. The third-order valence-electron chi connectivity index (χ3n) is 2.15. The van der Waals surface area contributed by atoms with Gasteiger partial charge in [0.15, 0.2) is 11.3 Å². The highest BCUT2D eigenvalue weighted by Gasteiger charge is 2.09. The van der Waals surface area contributed by atoms with E-state index in [0.29, 0.717) is 11.2 Å². The SMILES string of the molecule is Oc1cc2occc2c2ccoc12. The average molecular weight is 174 g/mol. The minimum absolute atomic E-state index is 0.113. The predicted octanol–water partition coefficient (Wildman–Crippen LogP) is 2.88. The highest BCUT2D eigenvalue weighted by Crippen LogP contribution is 2.33. The zero-order chi connectivity index (χ0) is 8.84. The second-order valence-electron chi connectivity index (χ2n) is 2.89. The lowest BCUT2D eigenvalue weighted by atomic mass is 10.2. The molecule has 0 aliphatic carbocycles. The fourth-order valence-corrected chi connectivity index (χ4v) is 1.56. The van der Waals surface area contributed by atoms with Crippen LogP contribution in [0, 0.1) is 0 Å². The molecule has 3 aromatic rings. The quantitative estimate of drug-likeness (QED) is 0.570. The van der Waals surface area contributed by atoms with Gasteiger partial charge in [0, 0.05) is 16.8 Å². The van der Waals surface area contributed by atoms with E-state index >= 15 is 0 Å². The first kappa shape index (κ1) is 6.60. The lowest BCUT2D eigenvalue weighted by molar-refractivity contribution is 0.464. The molecule has 0 fully saturated rings. The number of hydrogen-bond acceptors (Lipinski definition) is 3. The zero-order valence-corrected chi connectivity index (χ0v) is 6.65. The molecule has 0 bridgehead atoms. The van der Waals surface area contributed by atoms with Crippen LogP contribution >= 0.6 is 0 Å². The first-order valence-electron chi connectivity index (χ1n) is 3.92. The van der Waals surface area contributed by atoms with Crippen LogP contribution in [0.2, 0.25) is 0 Å². The fraction of sp³-hybridized carbons (Fsp3) is 0. The van der Waals surface area contributed by atoms with Crippen molar-refractivity contribution in [2.45, 2.75) is 0 Å². The Hall–Kier alpha value is -1.90. The highest BCUT2D eigenvalue weighted by molar-refractivity contribution is 6.06. The van der Waals surface area contributed by atoms with E-state index in [1.165, 1.54) is 0 Å². The van der Waals surface area contributed by atoms with Gasteiger partial charge in [0.05, 0.1) is 12.5 Å². The van der Waals surface area contributed by atoms with Crippen LogP contribution in [0.4, 0.5) is 0 Å². The van der Waals surface area contributed by atoms with Gasteiger partial charge >= 0.3 is 0 Å². The summed E-state index contributed by atoms with van der Waals surface area (Å²) in [5.74, 6) is 0.113. The number of furan rings is 2. The molecule has 3 rings (SSSR count).